The summed E-state index contributed by atoms with van der Waals surface area (Å²) in [5.41, 5.74) is 1.73. The van der Waals surface area contributed by atoms with Gasteiger partial charge in [-0.05, 0) is 32.8 Å². The van der Waals surface area contributed by atoms with Crippen LogP contribution >= 0.6 is 0 Å². The van der Waals surface area contributed by atoms with Crippen molar-refractivity contribution in [3.05, 3.63) is 35.5 Å². The number of carbonyl (C=O) groups excluding carboxylic acids is 1. The molecule has 6 heteroatoms. The van der Waals surface area contributed by atoms with Gasteiger partial charge in [0.25, 0.3) is 0 Å². The van der Waals surface area contributed by atoms with Crippen LogP contribution < -0.4 is 0 Å². The lowest BCUT2D eigenvalue weighted by atomic mass is 10.1. The number of amides is 1. The summed E-state index contributed by atoms with van der Waals surface area (Å²) in [7, 11) is 0. The average molecular weight is 288 g/mol. The summed E-state index contributed by atoms with van der Waals surface area (Å²) in [5, 5.41) is 8.15. The molecule has 0 aromatic carbocycles. The summed E-state index contributed by atoms with van der Waals surface area (Å²) < 4.78 is 7.03. The van der Waals surface area contributed by atoms with Crippen LogP contribution in [-0.2, 0) is 17.8 Å². The molecule has 0 N–H and O–H groups in total. The van der Waals surface area contributed by atoms with E-state index in [9.17, 15) is 4.79 Å². The van der Waals surface area contributed by atoms with E-state index in [1.54, 1.807) is 6.20 Å². The topological polar surface area (TPSA) is 64.2 Å². The highest BCUT2D eigenvalue weighted by molar-refractivity contribution is 5.79. The van der Waals surface area contributed by atoms with Gasteiger partial charge in [0.2, 0.25) is 5.91 Å². The number of hydrogen-bond acceptors (Lipinski definition) is 4. The second-order valence-electron chi connectivity index (χ2n) is 5.59. The summed E-state index contributed by atoms with van der Waals surface area (Å²) in [6.07, 6.45) is 6.17. The van der Waals surface area contributed by atoms with Gasteiger partial charge in [0.05, 0.1) is 24.7 Å². The molecule has 0 bridgehead atoms. The van der Waals surface area contributed by atoms with E-state index in [0.717, 1.165) is 42.9 Å². The van der Waals surface area contributed by atoms with E-state index < -0.39 is 0 Å². The fourth-order valence-corrected chi connectivity index (χ4v) is 2.99. The Morgan fingerprint density at radius 1 is 1.48 bits per heavy atom. The molecule has 1 unspecified atom stereocenters. The molecular formula is C15H20N4O2. The van der Waals surface area contributed by atoms with E-state index in [1.807, 2.05) is 35.7 Å². The molecule has 6 nitrogen and oxygen atoms in total. The van der Waals surface area contributed by atoms with Gasteiger partial charge in [-0.15, -0.1) is 0 Å². The third kappa shape index (κ3) is 2.84. The lowest BCUT2D eigenvalue weighted by Crippen LogP contribution is -2.39. The molecule has 1 saturated heterocycles. The van der Waals surface area contributed by atoms with Crippen LogP contribution in [0.4, 0.5) is 0 Å². The molecule has 3 rings (SSSR count). The molecule has 112 valence electrons. The Morgan fingerprint density at radius 2 is 2.33 bits per heavy atom. The maximum absolute atomic E-state index is 12.6. The lowest BCUT2D eigenvalue weighted by molar-refractivity contribution is -0.131. The van der Waals surface area contributed by atoms with E-state index in [4.69, 9.17) is 4.52 Å². The standard InChI is InChI=1S/C15H20N4O2/c1-11-14(12(2)21-17-11)9-15(20)19-8-3-5-13(19)10-18-7-4-6-16-18/h4,6-7,13H,3,5,8-10H2,1-2H3. The fraction of sp³-hybridized carbons (Fsp3) is 0.533. The number of aromatic nitrogens is 3. The normalized spacial score (nSPS) is 18.4. The third-order valence-electron chi connectivity index (χ3n) is 4.16. The first-order valence-corrected chi connectivity index (χ1v) is 7.34. The van der Waals surface area contributed by atoms with Gasteiger partial charge in [-0.25, -0.2) is 0 Å². The highest BCUT2D eigenvalue weighted by Crippen LogP contribution is 2.21. The summed E-state index contributed by atoms with van der Waals surface area (Å²) in [6, 6.07) is 2.14. The lowest BCUT2D eigenvalue weighted by Gasteiger charge is -2.24. The molecule has 1 fully saturated rings. The zero-order chi connectivity index (χ0) is 14.8. The van der Waals surface area contributed by atoms with Gasteiger partial charge in [0.1, 0.15) is 5.76 Å². The highest BCUT2D eigenvalue weighted by Gasteiger charge is 2.30. The molecule has 0 saturated carbocycles. The van der Waals surface area contributed by atoms with Crippen molar-refractivity contribution in [2.24, 2.45) is 0 Å². The van der Waals surface area contributed by atoms with Gasteiger partial charge in [-0.2, -0.15) is 5.10 Å². The molecule has 1 aliphatic heterocycles. The molecular weight excluding hydrogens is 268 g/mol. The van der Waals surface area contributed by atoms with Gasteiger partial charge >= 0.3 is 0 Å². The number of aryl methyl sites for hydroxylation is 2. The summed E-state index contributed by atoms with van der Waals surface area (Å²) in [4.78, 5) is 14.6. The molecule has 1 aliphatic rings. The quantitative estimate of drug-likeness (QED) is 0.859. The molecule has 0 spiro atoms. The van der Waals surface area contributed by atoms with E-state index in [-0.39, 0.29) is 11.9 Å². The van der Waals surface area contributed by atoms with Crippen molar-refractivity contribution in [2.45, 2.75) is 45.7 Å². The Bertz CT molecular complexity index is 598. The van der Waals surface area contributed by atoms with Crippen molar-refractivity contribution in [3.8, 4) is 0 Å². The summed E-state index contributed by atoms with van der Waals surface area (Å²) in [6.45, 7) is 5.33. The molecule has 0 aliphatic carbocycles. The first-order valence-electron chi connectivity index (χ1n) is 7.34. The molecule has 2 aromatic heterocycles. The number of rotatable bonds is 4. The Kier molecular flexibility index (Phi) is 3.77. The van der Waals surface area contributed by atoms with E-state index in [2.05, 4.69) is 10.3 Å². The van der Waals surface area contributed by atoms with Crippen LogP contribution in [0, 0.1) is 13.8 Å². The predicted octanol–water partition coefficient (Wildman–Crippen LogP) is 1.72. The third-order valence-corrected chi connectivity index (χ3v) is 4.16. The van der Waals surface area contributed by atoms with Gasteiger partial charge < -0.3 is 9.42 Å². The highest BCUT2D eigenvalue weighted by atomic mass is 16.5. The molecule has 2 aromatic rings. The first-order chi connectivity index (χ1) is 10.1. The maximum atomic E-state index is 12.6. The van der Waals surface area contributed by atoms with E-state index in [0.29, 0.717) is 6.42 Å². The zero-order valence-electron chi connectivity index (χ0n) is 12.5. The Morgan fingerprint density at radius 3 is 3.00 bits per heavy atom. The van der Waals surface area contributed by atoms with Gasteiger partial charge in [0, 0.05) is 24.5 Å². The Hall–Kier alpha value is -2.11. The zero-order valence-corrected chi connectivity index (χ0v) is 12.5. The molecule has 1 amide bonds. The minimum Gasteiger partial charge on any atom is -0.361 e. The predicted molar refractivity (Wildman–Crippen MR) is 76.6 cm³/mol. The van der Waals surface area contributed by atoms with Crippen LogP contribution in [0.5, 0.6) is 0 Å². The molecule has 21 heavy (non-hydrogen) atoms. The molecule has 1 atom stereocenters. The minimum atomic E-state index is 0.152. The molecule has 0 radical (unpaired) electrons. The van der Waals surface area contributed by atoms with Crippen molar-refractivity contribution in [1.29, 1.82) is 0 Å². The van der Waals surface area contributed by atoms with Crippen molar-refractivity contribution in [1.82, 2.24) is 19.8 Å². The fourth-order valence-electron chi connectivity index (χ4n) is 2.99. The summed E-state index contributed by atoms with van der Waals surface area (Å²) in [5.74, 6) is 0.891. The van der Waals surface area contributed by atoms with Gasteiger partial charge in [-0.3, -0.25) is 9.48 Å². The monoisotopic (exact) mass is 288 g/mol. The second-order valence-corrected chi connectivity index (χ2v) is 5.59. The average Bonchev–Trinajstić information content (AvgIpc) is 3.18. The van der Waals surface area contributed by atoms with Crippen molar-refractivity contribution >= 4 is 5.91 Å². The van der Waals surface area contributed by atoms with E-state index in [1.165, 1.54) is 0 Å². The van der Waals surface area contributed by atoms with Crippen LogP contribution in [0.3, 0.4) is 0 Å². The number of carbonyl (C=O) groups is 1. The smallest absolute Gasteiger partial charge is 0.227 e. The van der Waals surface area contributed by atoms with E-state index >= 15 is 0 Å². The molecule has 3 heterocycles. The van der Waals surface area contributed by atoms with Crippen LogP contribution in [0.25, 0.3) is 0 Å². The largest absolute Gasteiger partial charge is 0.361 e. The van der Waals surface area contributed by atoms with Gasteiger partial charge in [0.15, 0.2) is 0 Å². The number of likely N-dealkylation sites (tertiary alicyclic amines) is 1. The minimum absolute atomic E-state index is 0.152. The van der Waals surface area contributed by atoms with Crippen molar-refractivity contribution < 1.29 is 9.32 Å². The Balaban J connectivity index is 1.68. The summed E-state index contributed by atoms with van der Waals surface area (Å²) >= 11 is 0. The van der Waals surface area contributed by atoms with Crippen LogP contribution in [0.15, 0.2) is 23.0 Å². The number of hydrogen-bond donors (Lipinski definition) is 0. The van der Waals surface area contributed by atoms with Crippen molar-refractivity contribution in [3.63, 3.8) is 0 Å². The van der Waals surface area contributed by atoms with Crippen molar-refractivity contribution in [2.75, 3.05) is 6.54 Å². The number of nitrogens with zero attached hydrogens (tertiary/aromatic N) is 4. The Labute approximate surface area is 123 Å². The van der Waals surface area contributed by atoms with Gasteiger partial charge in [-0.1, -0.05) is 5.16 Å². The second kappa shape index (κ2) is 5.71. The maximum Gasteiger partial charge on any atom is 0.227 e. The van der Waals surface area contributed by atoms with Crippen LogP contribution in [-0.4, -0.2) is 38.3 Å². The van der Waals surface area contributed by atoms with Crippen LogP contribution in [0.2, 0.25) is 0 Å². The van der Waals surface area contributed by atoms with Crippen LogP contribution in [0.1, 0.15) is 29.9 Å². The SMILES string of the molecule is Cc1noc(C)c1CC(=O)N1CCCC1Cn1cccn1. The first kappa shape index (κ1) is 13.9.